The summed E-state index contributed by atoms with van der Waals surface area (Å²) in [5.41, 5.74) is 5.59. The van der Waals surface area contributed by atoms with Gasteiger partial charge in [-0.15, -0.1) is 0 Å². The Morgan fingerprint density at radius 3 is 2.25 bits per heavy atom. The minimum atomic E-state index is 0.0700. The lowest BCUT2D eigenvalue weighted by Gasteiger charge is -2.23. The fraction of sp³-hybridized carbons (Fsp3) is 0.929. The van der Waals surface area contributed by atoms with Gasteiger partial charge in [-0.3, -0.25) is 4.79 Å². The first-order valence-electron chi connectivity index (χ1n) is 7.21. The van der Waals surface area contributed by atoms with Crippen molar-refractivity contribution in [2.24, 2.45) is 11.7 Å². The summed E-state index contributed by atoms with van der Waals surface area (Å²) in [4.78, 5) is 10.6. The third-order valence-electron chi connectivity index (χ3n) is 2.65. The lowest BCUT2D eigenvalue weighted by molar-refractivity contribution is -0.118. The Morgan fingerprint density at radius 1 is 1.25 bits per heavy atom. The minimum Gasteiger partial charge on any atom is -0.355 e. The number of amides is 1. The van der Waals surface area contributed by atoms with E-state index in [0.29, 0.717) is 17.8 Å². The van der Waals surface area contributed by atoms with Gasteiger partial charge in [0.25, 0.3) is 0 Å². The first-order valence-corrected chi connectivity index (χ1v) is 8.33. The Bertz CT molecular complexity index is 235. The van der Waals surface area contributed by atoms with E-state index in [1.54, 1.807) is 0 Å². The maximum absolute atomic E-state index is 10.6. The first kappa shape index (κ1) is 22.1. The second kappa shape index (κ2) is 13.8. The van der Waals surface area contributed by atoms with Crippen LogP contribution in [-0.4, -0.2) is 50.0 Å². The van der Waals surface area contributed by atoms with Crippen LogP contribution in [0.15, 0.2) is 0 Å². The highest BCUT2D eigenvalue weighted by molar-refractivity contribution is 9.09. The van der Waals surface area contributed by atoms with Gasteiger partial charge in [0.15, 0.2) is 0 Å². The summed E-state index contributed by atoms with van der Waals surface area (Å²) >= 11 is 3.07. The number of hydrogen-bond acceptors (Lipinski definition) is 4. The van der Waals surface area contributed by atoms with Crippen LogP contribution < -0.4 is 21.7 Å². The van der Waals surface area contributed by atoms with Gasteiger partial charge in [0, 0.05) is 31.7 Å². The molecule has 1 amide bonds. The van der Waals surface area contributed by atoms with Crippen LogP contribution in [0.5, 0.6) is 0 Å². The molecule has 0 saturated heterocycles. The molecular formula is C14H33BrN4O. The Hall–Kier alpha value is -0.170. The molecule has 0 aliphatic heterocycles. The van der Waals surface area contributed by atoms with Gasteiger partial charge in [-0.05, 0) is 33.2 Å². The van der Waals surface area contributed by atoms with Crippen LogP contribution in [0.2, 0.25) is 0 Å². The summed E-state index contributed by atoms with van der Waals surface area (Å²) < 4.78 is 0. The number of carbonyl (C=O) groups excluding carboxylic acids is 1. The van der Waals surface area contributed by atoms with E-state index in [1.807, 2.05) is 7.05 Å². The monoisotopic (exact) mass is 352 g/mol. The number of nitrogens with two attached hydrogens (primary N) is 1. The van der Waals surface area contributed by atoms with E-state index in [1.165, 1.54) is 0 Å². The highest BCUT2D eigenvalue weighted by atomic mass is 79.9. The van der Waals surface area contributed by atoms with E-state index >= 15 is 0 Å². The number of rotatable bonds is 9. The molecule has 0 rings (SSSR count). The topological polar surface area (TPSA) is 79.2 Å². The van der Waals surface area contributed by atoms with Crippen LogP contribution >= 0.6 is 15.9 Å². The van der Waals surface area contributed by atoms with Crippen molar-refractivity contribution < 1.29 is 4.79 Å². The van der Waals surface area contributed by atoms with Gasteiger partial charge in [0.2, 0.25) is 5.91 Å². The van der Waals surface area contributed by atoms with E-state index in [2.05, 4.69) is 59.6 Å². The maximum Gasteiger partial charge on any atom is 0.230 e. The molecule has 0 saturated carbocycles. The van der Waals surface area contributed by atoms with Crippen molar-refractivity contribution in [2.45, 2.75) is 39.7 Å². The summed E-state index contributed by atoms with van der Waals surface area (Å²) in [5, 5.41) is 9.57. The van der Waals surface area contributed by atoms with Crippen molar-refractivity contribution in [3.63, 3.8) is 0 Å². The highest BCUT2D eigenvalue weighted by Gasteiger charge is 2.12. The SMILES string of the molecule is CC(C)CCNC(=O)CBr.CNCCNC(C)(C)CN. The Kier molecular flexibility index (Phi) is 15.3. The largest absolute Gasteiger partial charge is 0.355 e. The molecule has 0 atom stereocenters. The average Bonchev–Trinajstić information content (AvgIpc) is 2.39. The molecule has 0 aromatic heterocycles. The van der Waals surface area contributed by atoms with Crippen molar-refractivity contribution >= 4 is 21.8 Å². The predicted octanol–water partition coefficient (Wildman–Crippen LogP) is 1.08. The van der Waals surface area contributed by atoms with E-state index in [9.17, 15) is 4.79 Å². The third-order valence-corrected chi connectivity index (χ3v) is 3.16. The van der Waals surface area contributed by atoms with Gasteiger partial charge in [-0.1, -0.05) is 29.8 Å². The van der Waals surface area contributed by atoms with Gasteiger partial charge in [-0.25, -0.2) is 0 Å². The Balaban J connectivity index is 0. The second-order valence-electron chi connectivity index (χ2n) is 5.78. The standard InChI is InChI=1S/C7H14BrNO.C7H19N3/c1-6(2)3-4-9-7(10)5-8;1-7(2,6-8)10-5-4-9-3/h6H,3-5H2,1-2H3,(H,9,10);9-10H,4-6,8H2,1-3H3. The van der Waals surface area contributed by atoms with Crippen LogP contribution in [0, 0.1) is 5.92 Å². The number of likely N-dealkylation sites (N-methyl/N-ethyl adjacent to an activating group) is 1. The highest BCUT2D eigenvalue weighted by Crippen LogP contribution is 1.96. The van der Waals surface area contributed by atoms with E-state index in [4.69, 9.17) is 5.73 Å². The first-order chi connectivity index (χ1) is 9.29. The van der Waals surface area contributed by atoms with Crippen molar-refractivity contribution in [1.82, 2.24) is 16.0 Å². The lowest BCUT2D eigenvalue weighted by atomic mass is 10.1. The average molecular weight is 353 g/mol. The van der Waals surface area contributed by atoms with Crippen LogP contribution in [0.1, 0.15) is 34.1 Å². The molecule has 0 aromatic carbocycles. The number of halogens is 1. The van der Waals surface area contributed by atoms with E-state index in [0.717, 1.165) is 26.1 Å². The Labute approximate surface area is 133 Å². The van der Waals surface area contributed by atoms with E-state index in [-0.39, 0.29) is 11.4 Å². The van der Waals surface area contributed by atoms with Crippen LogP contribution in [0.4, 0.5) is 0 Å². The third kappa shape index (κ3) is 17.8. The van der Waals surface area contributed by atoms with Gasteiger partial charge >= 0.3 is 0 Å². The van der Waals surface area contributed by atoms with Gasteiger partial charge in [0.05, 0.1) is 5.33 Å². The lowest BCUT2D eigenvalue weighted by Crippen LogP contribution is -2.47. The molecular weight excluding hydrogens is 320 g/mol. The quantitative estimate of drug-likeness (QED) is 0.369. The normalized spacial score (nSPS) is 11.0. The molecule has 0 radical (unpaired) electrons. The van der Waals surface area contributed by atoms with Gasteiger partial charge in [0.1, 0.15) is 0 Å². The van der Waals surface area contributed by atoms with Gasteiger partial charge in [-0.2, -0.15) is 0 Å². The van der Waals surface area contributed by atoms with Crippen LogP contribution in [0.25, 0.3) is 0 Å². The molecule has 0 spiro atoms. The zero-order chi connectivity index (χ0) is 16.0. The van der Waals surface area contributed by atoms with Crippen LogP contribution in [-0.2, 0) is 4.79 Å². The molecule has 5 nitrogen and oxygen atoms in total. The maximum atomic E-state index is 10.6. The fourth-order valence-electron chi connectivity index (χ4n) is 1.15. The van der Waals surface area contributed by atoms with Crippen molar-refractivity contribution in [3.05, 3.63) is 0 Å². The number of hydrogen-bond donors (Lipinski definition) is 4. The molecule has 6 heteroatoms. The summed E-state index contributed by atoms with van der Waals surface area (Å²) in [7, 11) is 1.94. The molecule has 0 unspecified atom stereocenters. The minimum absolute atomic E-state index is 0.0700. The molecule has 0 heterocycles. The second-order valence-corrected chi connectivity index (χ2v) is 6.35. The molecule has 20 heavy (non-hydrogen) atoms. The van der Waals surface area contributed by atoms with Crippen LogP contribution in [0.3, 0.4) is 0 Å². The predicted molar refractivity (Wildman–Crippen MR) is 91.3 cm³/mol. The molecule has 0 aliphatic rings. The van der Waals surface area contributed by atoms with Crippen molar-refractivity contribution in [3.8, 4) is 0 Å². The molecule has 0 aromatic rings. The van der Waals surface area contributed by atoms with Gasteiger partial charge < -0.3 is 21.7 Å². The molecule has 0 aliphatic carbocycles. The molecule has 0 bridgehead atoms. The molecule has 0 fully saturated rings. The zero-order valence-corrected chi connectivity index (χ0v) is 15.3. The number of nitrogens with one attached hydrogen (secondary N) is 3. The van der Waals surface area contributed by atoms with Crippen molar-refractivity contribution in [1.29, 1.82) is 0 Å². The number of alkyl halides is 1. The molecule has 122 valence electrons. The van der Waals surface area contributed by atoms with E-state index < -0.39 is 0 Å². The van der Waals surface area contributed by atoms with Crippen molar-refractivity contribution in [2.75, 3.05) is 38.6 Å². The summed E-state index contributed by atoms with van der Waals surface area (Å²) in [5.74, 6) is 0.733. The summed E-state index contributed by atoms with van der Waals surface area (Å²) in [6.07, 6.45) is 1.05. The zero-order valence-electron chi connectivity index (χ0n) is 13.7. The number of carbonyl (C=O) groups is 1. The molecule has 5 N–H and O–H groups in total. The Morgan fingerprint density at radius 2 is 1.85 bits per heavy atom. The fourth-order valence-corrected chi connectivity index (χ4v) is 1.34. The summed E-state index contributed by atoms with van der Waals surface area (Å²) in [6.45, 7) is 11.9. The smallest absolute Gasteiger partial charge is 0.230 e. The summed E-state index contributed by atoms with van der Waals surface area (Å²) in [6, 6.07) is 0.